The largest absolute Gasteiger partial charge is 0.389 e. The maximum atomic E-state index is 9.53. The standard InChI is InChI=1S/C9H9BrN2O2/c10-3-8(13)9(14)7-2-1-6(4-11)5-12-7/h1-2,5,8-9,13-14H,3H2. The van der Waals surface area contributed by atoms with E-state index in [1.807, 2.05) is 6.07 Å². The van der Waals surface area contributed by atoms with Crippen LogP contribution < -0.4 is 0 Å². The molecule has 0 aliphatic heterocycles. The van der Waals surface area contributed by atoms with Gasteiger partial charge in [0.15, 0.2) is 0 Å². The molecule has 2 N–H and O–H groups in total. The van der Waals surface area contributed by atoms with Gasteiger partial charge in [0.25, 0.3) is 0 Å². The van der Waals surface area contributed by atoms with E-state index in [4.69, 9.17) is 5.26 Å². The van der Waals surface area contributed by atoms with Crippen molar-refractivity contribution in [3.05, 3.63) is 29.6 Å². The maximum absolute atomic E-state index is 9.53. The smallest absolute Gasteiger partial charge is 0.123 e. The molecule has 0 aliphatic carbocycles. The predicted molar refractivity (Wildman–Crippen MR) is 53.7 cm³/mol. The average molecular weight is 257 g/mol. The first-order valence-electron chi connectivity index (χ1n) is 3.97. The summed E-state index contributed by atoms with van der Waals surface area (Å²) in [5.41, 5.74) is 0.783. The van der Waals surface area contributed by atoms with Gasteiger partial charge in [-0.05, 0) is 12.1 Å². The van der Waals surface area contributed by atoms with Crippen molar-refractivity contribution in [1.82, 2.24) is 4.98 Å². The van der Waals surface area contributed by atoms with Crippen LogP contribution in [0.15, 0.2) is 18.3 Å². The van der Waals surface area contributed by atoms with Crippen molar-refractivity contribution < 1.29 is 10.2 Å². The Labute approximate surface area is 90.0 Å². The zero-order valence-electron chi connectivity index (χ0n) is 7.26. The van der Waals surface area contributed by atoms with Crippen molar-refractivity contribution in [2.75, 3.05) is 5.33 Å². The van der Waals surface area contributed by atoms with Crippen LogP contribution in [0.5, 0.6) is 0 Å². The van der Waals surface area contributed by atoms with Crippen LogP contribution in [-0.4, -0.2) is 26.6 Å². The van der Waals surface area contributed by atoms with E-state index in [-0.39, 0.29) is 5.33 Å². The van der Waals surface area contributed by atoms with Gasteiger partial charge in [-0.2, -0.15) is 5.26 Å². The van der Waals surface area contributed by atoms with Gasteiger partial charge in [0.05, 0.1) is 17.4 Å². The molecule has 0 spiro atoms. The number of rotatable bonds is 3. The van der Waals surface area contributed by atoms with E-state index in [2.05, 4.69) is 20.9 Å². The Morgan fingerprint density at radius 2 is 2.21 bits per heavy atom. The molecule has 0 saturated heterocycles. The molecule has 0 aromatic carbocycles. The van der Waals surface area contributed by atoms with E-state index >= 15 is 0 Å². The molecule has 1 aromatic rings. The summed E-state index contributed by atoms with van der Waals surface area (Å²) in [7, 11) is 0. The van der Waals surface area contributed by atoms with E-state index in [1.165, 1.54) is 12.3 Å². The number of hydrogen-bond donors (Lipinski definition) is 2. The van der Waals surface area contributed by atoms with Crippen molar-refractivity contribution in [3.8, 4) is 6.07 Å². The lowest BCUT2D eigenvalue weighted by Crippen LogP contribution is -2.20. The summed E-state index contributed by atoms with van der Waals surface area (Å²) in [4.78, 5) is 3.87. The summed E-state index contributed by atoms with van der Waals surface area (Å²) in [6, 6.07) is 4.99. The highest BCUT2D eigenvalue weighted by Crippen LogP contribution is 2.15. The minimum absolute atomic E-state index is 0.274. The molecule has 14 heavy (non-hydrogen) atoms. The molecule has 1 heterocycles. The average Bonchev–Trinajstić information content (AvgIpc) is 2.27. The van der Waals surface area contributed by atoms with Crippen LogP contribution in [0.1, 0.15) is 17.4 Å². The summed E-state index contributed by atoms with van der Waals surface area (Å²) in [5.74, 6) is 0. The third kappa shape index (κ3) is 2.51. The number of aromatic nitrogens is 1. The molecule has 0 aliphatic rings. The second-order valence-corrected chi connectivity index (χ2v) is 3.40. The maximum Gasteiger partial charge on any atom is 0.123 e. The first kappa shape index (κ1) is 11.1. The molecule has 2 unspecified atom stereocenters. The lowest BCUT2D eigenvalue weighted by molar-refractivity contribution is 0.0315. The second kappa shape index (κ2) is 5.05. The molecule has 4 nitrogen and oxygen atoms in total. The van der Waals surface area contributed by atoms with Crippen molar-refractivity contribution in [2.24, 2.45) is 0 Å². The minimum atomic E-state index is -1.03. The molecule has 0 fully saturated rings. The number of aliphatic hydroxyl groups is 2. The van der Waals surface area contributed by atoms with Crippen molar-refractivity contribution >= 4 is 15.9 Å². The SMILES string of the molecule is N#Cc1ccc(C(O)C(O)CBr)nc1. The third-order valence-corrected chi connectivity index (χ3v) is 2.40. The summed E-state index contributed by atoms with van der Waals surface area (Å²) in [6.07, 6.45) is -0.558. The van der Waals surface area contributed by atoms with E-state index in [9.17, 15) is 10.2 Å². The highest BCUT2D eigenvalue weighted by Gasteiger charge is 2.17. The Balaban J connectivity index is 2.82. The van der Waals surface area contributed by atoms with Gasteiger partial charge >= 0.3 is 0 Å². The zero-order valence-corrected chi connectivity index (χ0v) is 8.85. The predicted octanol–water partition coefficient (Wildman–Crippen LogP) is 0.742. The zero-order chi connectivity index (χ0) is 10.6. The van der Waals surface area contributed by atoms with Gasteiger partial charge in [0.1, 0.15) is 12.2 Å². The second-order valence-electron chi connectivity index (χ2n) is 2.75. The Morgan fingerprint density at radius 1 is 1.50 bits per heavy atom. The Hall–Kier alpha value is -0.960. The number of hydrogen-bond acceptors (Lipinski definition) is 4. The molecule has 0 bridgehead atoms. The lowest BCUT2D eigenvalue weighted by Gasteiger charge is -2.14. The number of nitrogens with zero attached hydrogens (tertiary/aromatic N) is 2. The molecule has 0 saturated carbocycles. The van der Waals surface area contributed by atoms with Gasteiger partial charge in [0, 0.05) is 11.5 Å². The van der Waals surface area contributed by atoms with Crippen LogP contribution in [0.4, 0.5) is 0 Å². The van der Waals surface area contributed by atoms with Crippen LogP contribution in [0.2, 0.25) is 0 Å². The lowest BCUT2D eigenvalue weighted by atomic mass is 10.1. The molecule has 5 heteroatoms. The number of alkyl halides is 1. The van der Waals surface area contributed by atoms with Gasteiger partial charge < -0.3 is 10.2 Å². The number of pyridine rings is 1. The monoisotopic (exact) mass is 256 g/mol. The molecule has 74 valence electrons. The summed E-state index contributed by atoms with van der Waals surface area (Å²) >= 11 is 3.05. The van der Waals surface area contributed by atoms with E-state index in [0.717, 1.165) is 0 Å². The van der Waals surface area contributed by atoms with Crippen LogP contribution in [-0.2, 0) is 0 Å². The molecule has 2 atom stereocenters. The van der Waals surface area contributed by atoms with Gasteiger partial charge in [-0.25, -0.2) is 0 Å². The minimum Gasteiger partial charge on any atom is -0.389 e. The fourth-order valence-electron chi connectivity index (χ4n) is 0.928. The Bertz CT molecular complexity index is 334. The molecule has 1 aromatic heterocycles. The van der Waals surface area contributed by atoms with Gasteiger partial charge in [-0.1, -0.05) is 15.9 Å². The van der Waals surface area contributed by atoms with Crippen LogP contribution in [0, 0.1) is 11.3 Å². The Kier molecular flexibility index (Phi) is 4.01. The third-order valence-electron chi connectivity index (χ3n) is 1.74. The normalized spacial score (nSPS) is 14.4. The molecule has 0 radical (unpaired) electrons. The van der Waals surface area contributed by atoms with E-state index < -0.39 is 12.2 Å². The number of halogens is 1. The number of aliphatic hydroxyl groups excluding tert-OH is 2. The topological polar surface area (TPSA) is 77.1 Å². The Morgan fingerprint density at radius 3 is 2.64 bits per heavy atom. The van der Waals surface area contributed by atoms with Crippen molar-refractivity contribution in [2.45, 2.75) is 12.2 Å². The molecular formula is C9H9BrN2O2. The number of nitriles is 1. The quantitative estimate of drug-likeness (QED) is 0.783. The first-order chi connectivity index (χ1) is 6.69. The highest BCUT2D eigenvalue weighted by molar-refractivity contribution is 9.09. The fourth-order valence-corrected chi connectivity index (χ4v) is 1.28. The summed E-state index contributed by atoms with van der Waals surface area (Å²) < 4.78 is 0. The van der Waals surface area contributed by atoms with Crippen molar-refractivity contribution in [1.29, 1.82) is 5.26 Å². The van der Waals surface area contributed by atoms with Crippen LogP contribution >= 0.6 is 15.9 Å². The van der Waals surface area contributed by atoms with Crippen molar-refractivity contribution in [3.63, 3.8) is 0 Å². The highest BCUT2D eigenvalue weighted by atomic mass is 79.9. The van der Waals surface area contributed by atoms with Gasteiger partial charge in [-0.15, -0.1) is 0 Å². The summed E-state index contributed by atoms with van der Waals surface area (Å²) in [6.45, 7) is 0. The molecule has 1 rings (SSSR count). The first-order valence-corrected chi connectivity index (χ1v) is 5.09. The van der Waals surface area contributed by atoms with Crippen LogP contribution in [0.3, 0.4) is 0 Å². The molecular weight excluding hydrogens is 248 g/mol. The fraction of sp³-hybridized carbons (Fsp3) is 0.333. The summed E-state index contributed by atoms with van der Waals surface area (Å²) in [5, 5.41) is 27.6. The van der Waals surface area contributed by atoms with Crippen LogP contribution in [0.25, 0.3) is 0 Å². The van der Waals surface area contributed by atoms with Gasteiger partial charge in [-0.3, -0.25) is 4.98 Å². The van der Waals surface area contributed by atoms with E-state index in [1.54, 1.807) is 6.07 Å². The van der Waals surface area contributed by atoms with E-state index in [0.29, 0.717) is 11.3 Å². The molecule has 0 amide bonds. The van der Waals surface area contributed by atoms with Gasteiger partial charge in [0.2, 0.25) is 0 Å².